The summed E-state index contributed by atoms with van der Waals surface area (Å²) in [4.78, 5) is 12.1. The fourth-order valence-electron chi connectivity index (χ4n) is 1.94. The number of benzene rings is 1. The molecule has 0 saturated carbocycles. The molecule has 1 atom stereocenters. The Morgan fingerprint density at radius 2 is 1.87 bits per heavy atom. The number of hydrogen-bond donors (Lipinski definition) is 2. The molecule has 2 rings (SSSR count). The molecule has 0 spiro atoms. The highest BCUT2D eigenvalue weighted by Crippen LogP contribution is 2.28. The molecule has 0 radical (unpaired) electrons. The van der Waals surface area contributed by atoms with E-state index in [0.717, 1.165) is 0 Å². The van der Waals surface area contributed by atoms with Crippen molar-refractivity contribution < 1.29 is 27.5 Å². The van der Waals surface area contributed by atoms with E-state index >= 15 is 0 Å². The Labute approximate surface area is 128 Å². The number of aromatic nitrogens is 2. The number of hydrogen-bond acceptors (Lipinski definition) is 3. The highest BCUT2D eigenvalue weighted by molar-refractivity contribution is 5.94. The Bertz CT molecular complexity index is 703. The van der Waals surface area contributed by atoms with Gasteiger partial charge in [-0.15, -0.1) is 0 Å². The third kappa shape index (κ3) is 3.61. The van der Waals surface area contributed by atoms with Crippen LogP contribution in [0.3, 0.4) is 0 Å². The molecule has 2 N–H and O–H groups in total. The first kappa shape index (κ1) is 16.8. The fraction of sp³-hybridized carbons (Fsp3) is 0.286. The van der Waals surface area contributed by atoms with Crippen molar-refractivity contribution in [1.82, 2.24) is 9.78 Å². The lowest BCUT2D eigenvalue weighted by atomic mass is 10.2. The van der Waals surface area contributed by atoms with Gasteiger partial charge in [-0.25, -0.2) is 17.6 Å². The summed E-state index contributed by atoms with van der Waals surface area (Å²) in [6.45, 7) is 1.24. The van der Waals surface area contributed by atoms with Gasteiger partial charge in [-0.3, -0.25) is 9.48 Å². The lowest BCUT2D eigenvalue weighted by Crippen LogP contribution is -2.26. The van der Waals surface area contributed by atoms with Gasteiger partial charge in [0, 0.05) is 0 Å². The molecule has 124 valence electrons. The van der Waals surface area contributed by atoms with Crippen molar-refractivity contribution in [3.63, 3.8) is 0 Å². The van der Waals surface area contributed by atoms with Crippen molar-refractivity contribution in [2.75, 3.05) is 5.32 Å². The van der Waals surface area contributed by atoms with Gasteiger partial charge in [0.05, 0.1) is 5.69 Å². The average Bonchev–Trinajstić information content (AvgIpc) is 2.94. The molecular weight excluding hydrogens is 318 g/mol. The highest BCUT2D eigenvalue weighted by Gasteiger charge is 2.27. The molecule has 0 bridgehead atoms. The number of nitrogens with zero attached hydrogens (tertiary/aromatic N) is 2. The molecule has 1 aromatic carbocycles. The summed E-state index contributed by atoms with van der Waals surface area (Å²) in [5.74, 6) is -0.992. The van der Waals surface area contributed by atoms with E-state index in [4.69, 9.17) is 0 Å². The van der Waals surface area contributed by atoms with Crippen molar-refractivity contribution in [3.8, 4) is 5.75 Å². The lowest BCUT2D eigenvalue weighted by Gasteiger charge is -2.16. The van der Waals surface area contributed by atoms with Crippen molar-refractivity contribution in [2.45, 2.75) is 25.8 Å². The smallest absolute Gasteiger partial charge is 0.282 e. The number of amides is 1. The molecule has 5 nitrogen and oxygen atoms in total. The summed E-state index contributed by atoms with van der Waals surface area (Å²) < 4.78 is 51.7. The van der Waals surface area contributed by atoms with Crippen LogP contribution in [0, 0.1) is 0 Å². The standard InChI is InChI=1S/C14H13F4N3O2/c1-7(14(23)19-8-4-2-3-5-11(8)22)21-10(13(17)18)6-9(20-21)12(15)16/h2-7,12-13,22H,1H3,(H,19,23). The molecule has 0 aliphatic carbocycles. The van der Waals surface area contributed by atoms with E-state index in [0.29, 0.717) is 10.7 Å². The zero-order chi connectivity index (χ0) is 17.1. The molecular formula is C14H13F4N3O2. The lowest BCUT2D eigenvalue weighted by molar-refractivity contribution is -0.119. The molecule has 9 heteroatoms. The van der Waals surface area contributed by atoms with E-state index in [9.17, 15) is 27.5 Å². The van der Waals surface area contributed by atoms with Crippen LogP contribution in [0.25, 0.3) is 0 Å². The maximum atomic E-state index is 12.9. The molecule has 0 saturated heterocycles. The molecule has 2 aromatic rings. The molecule has 0 aliphatic heterocycles. The number of alkyl halides is 4. The number of rotatable bonds is 5. The number of carbonyl (C=O) groups is 1. The van der Waals surface area contributed by atoms with E-state index in [-0.39, 0.29) is 11.4 Å². The summed E-state index contributed by atoms with van der Waals surface area (Å²) in [5.41, 5.74) is -1.54. The number of phenols is 1. The molecule has 0 aliphatic rings. The minimum atomic E-state index is -3.06. The van der Waals surface area contributed by atoms with Crippen molar-refractivity contribution in [1.29, 1.82) is 0 Å². The molecule has 23 heavy (non-hydrogen) atoms. The predicted molar refractivity (Wildman–Crippen MR) is 73.6 cm³/mol. The molecule has 1 amide bonds. The second-order valence-electron chi connectivity index (χ2n) is 4.72. The van der Waals surface area contributed by atoms with Gasteiger partial charge in [0.2, 0.25) is 5.91 Å². The maximum absolute atomic E-state index is 12.9. The Hall–Kier alpha value is -2.58. The Balaban J connectivity index is 2.27. The zero-order valence-corrected chi connectivity index (χ0v) is 11.9. The number of aromatic hydroxyl groups is 1. The van der Waals surface area contributed by atoms with Gasteiger partial charge < -0.3 is 10.4 Å². The third-order valence-corrected chi connectivity index (χ3v) is 3.14. The van der Waals surface area contributed by atoms with Gasteiger partial charge in [-0.1, -0.05) is 12.1 Å². The van der Waals surface area contributed by atoms with Crippen LogP contribution in [0.1, 0.15) is 37.2 Å². The highest BCUT2D eigenvalue weighted by atomic mass is 19.3. The predicted octanol–water partition coefficient (Wildman–Crippen LogP) is 3.66. The maximum Gasteiger partial charge on any atom is 0.282 e. The van der Waals surface area contributed by atoms with Crippen LogP contribution in [-0.4, -0.2) is 20.8 Å². The third-order valence-electron chi connectivity index (χ3n) is 3.14. The minimum absolute atomic E-state index is 0.0733. The van der Waals surface area contributed by atoms with Crippen molar-refractivity contribution >= 4 is 11.6 Å². The number of halogens is 4. The van der Waals surface area contributed by atoms with E-state index in [2.05, 4.69) is 10.4 Å². The van der Waals surface area contributed by atoms with Crippen molar-refractivity contribution in [3.05, 3.63) is 41.7 Å². The zero-order valence-electron chi connectivity index (χ0n) is 11.9. The Morgan fingerprint density at radius 1 is 1.22 bits per heavy atom. The first-order chi connectivity index (χ1) is 10.8. The average molecular weight is 331 g/mol. The summed E-state index contributed by atoms with van der Waals surface area (Å²) in [6.07, 6.45) is -6.09. The number of carbonyl (C=O) groups excluding carboxylic acids is 1. The van der Waals surface area contributed by atoms with Crippen LogP contribution in [-0.2, 0) is 4.79 Å². The summed E-state index contributed by atoms with van der Waals surface area (Å²) in [5, 5.41) is 15.3. The van der Waals surface area contributed by atoms with Crippen LogP contribution in [0.2, 0.25) is 0 Å². The SMILES string of the molecule is CC(C(=O)Nc1ccccc1O)n1nc(C(F)F)cc1C(F)F. The molecule has 1 heterocycles. The number of para-hydroxylation sites is 2. The molecule has 1 aromatic heterocycles. The van der Waals surface area contributed by atoms with Crippen LogP contribution < -0.4 is 5.32 Å². The number of nitrogens with one attached hydrogen (secondary N) is 1. The molecule has 1 unspecified atom stereocenters. The Morgan fingerprint density at radius 3 is 2.43 bits per heavy atom. The number of anilines is 1. The first-order valence-electron chi connectivity index (χ1n) is 6.55. The van der Waals surface area contributed by atoms with E-state index in [1.165, 1.54) is 25.1 Å². The van der Waals surface area contributed by atoms with Gasteiger partial charge in [0.15, 0.2) is 0 Å². The van der Waals surface area contributed by atoms with Crippen molar-refractivity contribution in [2.24, 2.45) is 0 Å². The van der Waals surface area contributed by atoms with Crippen LogP contribution in [0.4, 0.5) is 23.2 Å². The van der Waals surface area contributed by atoms with Gasteiger partial charge in [0.25, 0.3) is 12.9 Å². The monoisotopic (exact) mass is 331 g/mol. The normalized spacial score (nSPS) is 12.7. The van der Waals surface area contributed by atoms with E-state index in [1.54, 1.807) is 6.07 Å². The van der Waals surface area contributed by atoms with E-state index in [1.807, 2.05) is 0 Å². The van der Waals surface area contributed by atoms with Crippen LogP contribution in [0.15, 0.2) is 30.3 Å². The van der Waals surface area contributed by atoms with Gasteiger partial charge >= 0.3 is 0 Å². The number of phenolic OH excluding ortho intramolecular Hbond substituents is 1. The van der Waals surface area contributed by atoms with Crippen LogP contribution >= 0.6 is 0 Å². The quantitative estimate of drug-likeness (QED) is 0.649. The largest absolute Gasteiger partial charge is 0.506 e. The Kier molecular flexibility index (Phi) is 4.87. The topological polar surface area (TPSA) is 67.2 Å². The summed E-state index contributed by atoms with van der Waals surface area (Å²) >= 11 is 0. The van der Waals surface area contributed by atoms with Gasteiger partial charge in [-0.05, 0) is 25.1 Å². The second-order valence-corrected chi connectivity index (χ2v) is 4.72. The van der Waals surface area contributed by atoms with E-state index < -0.39 is 36.2 Å². The van der Waals surface area contributed by atoms with Gasteiger partial charge in [-0.2, -0.15) is 5.10 Å². The van der Waals surface area contributed by atoms with Crippen LogP contribution in [0.5, 0.6) is 5.75 Å². The van der Waals surface area contributed by atoms with Gasteiger partial charge in [0.1, 0.15) is 23.2 Å². The fourth-order valence-corrected chi connectivity index (χ4v) is 1.94. The summed E-state index contributed by atoms with van der Waals surface area (Å²) in [6, 6.07) is 5.11. The molecule has 0 fully saturated rings. The second kappa shape index (κ2) is 6.67. The summed E-state index contributed by atoms with van der Waals surface area (Å²) in [7, 11) is 0. The first-order valence-corrected chi connectivity index (χ1v) is 6.55. The minimum Gasteiger partial charge on any atom is -0.506 e.